The number of rotatable bonds is 13. The Balaban J connectivity index is 0. The van der Waals surface area contributed by atoms with Gasteiger partial charge in [-0.15, -0.1) is 0 Å². The van der Waals surface area contributed by atoms with E-state index in [0.29, 0.717) is 0 Å². The Morgan fingerprint density at radius 2 is 1.00 bits per heavy atom. The summed E-state index contributed by atoms with van der Waals surface area (Å²) in [7, 11) is 0. The molecule has 0 radical (unpaired) electrons. The fraction of sp³-hybridized carbons (Fsp3) is 1.00. The highest BCUT2D eigenvalue weighted by molar-refractivity contribution is 4.39. The van der Waals surface area contributed by atoms with Crippen LogP contribution in [0.2, 0.25) is 0 Å². The first-order valence-electron chi connectivity index (χ1n) is 8.48. The lowest BCUT2D eigenvalue weighted by Gasteiger charge is -2.00. The molecule has 0 aromatic heterocycles. The van der Waals surface area contributed by atoms with Crippen molar-refractivity contribution < 1.29 is 9.47 Å². The molecule has 0 saturated carbocycles. The molecule has 19 heavy (non-hydrogen) atoms. The van der Waals surface area contributed by atoms with Gasteiger partial charge in [0.25, 0.3) is 0 Å². The van der Waals surface area contributed by atoms with Crippen molar-refractivity contribution in [3.8, 4) is 0 Å². The van der Waals surface area contributed by atoms with Crippen molar-refractivity contribution >= 4 is 0 Å². The zero-order valence-corrected chi connectivity index (χ0v) is 14.0. The van der Waals surface area contributed by atoms with Crippen LogP contribution >= 0.6 is 0 Å². The summed E-state index contributed by atoms with van der Waals surface area (Å²) < 4.78 is 10.5. The Hall–Kier alpha value is -0.0800. The number of unbranched alkanes of at least 4 members (excludes halogenated alkanes) is 6. The molecule has 0 aromatic rings. The van der Waals surface area contributed by atoms with Gasteiger partial charge >= 0.3 is 0 Å². The van der Waals surface area contributed by atoms with E-state index in [1.165, 1.54) is 51.4 Å². The second-order valence-electron chi connectivity index (χ2n) is 4.93. The first-order chi connectivity index (χ1) is 9.33. The standard InChI is InChI=1S/C9H20O.C8H18O/c1-3-5-6-7-9-10-8-4-2;1-3-5-6-7-8-9-4-2/h3-9H2,1-2H3;3-8H2,1-2H3. The van der Waals surface area contributed by atoms with Crippen molar-refractivity contribution in [1.29, 1.82) is 0 Å². The van der Waals surface area contributed by atoms with Crippen LogP contribution in [0, 0.1) is 0 Å². The highest BCUT2D eigenvalue weighted by atomic mass is 16.5. The van der Waals surface area contributed by atoms with E-state index in [9.17, 15) is 0 Å². The van der Waals surface area contributed by atoms with Gasteiger partial charge in [0.1, 0.15) is 0 Å². The van der Waals surface area contributed by atoms with Crippen molar-refractivity contribution in [2.45, 2.75) is 85.5 Å². The predicted molar refractivity (Wildman–Crippen MR) is 85.9 cm³/mol. The molecular weight excluding hydrogens is 236 g/mol. The lowest BCUT2D eigenvalue weighted by Crippen LogP contribution is -1.94. The Bertz CT molecular complexity index is 112. The molecule has 0 atom stereocenters. The van der Waals surface area contributed by atoms with Crippen LogP contribution in [0.1, 0.15) is 85.5 Å². The van der Waals surface area contributed by atoms with Gasteiger partial charge in [-0.25, -0.2) is 0 Å². The Morgan fingerprint density at radius 1 is 0.474 bits per heavy atom. The molecule has 2 nitrogen and oxygen atoms in total. The fourth-order valence-electron chi connectivity index (χ4n) is 1.65. The Kier molecular flexibility index (Phi) is 25.7. The van der Waals surface area contributed by atoms with Gasteiger partial charge in [0.2, 0.25) is 0 Å². The minimum atomic E-state index is 0.867. The molecular formula is C17H38O2. The normalized spacial score (nSPS) is 10.1. The SMILES string of the molecule is CCCCCCOCC.CCCCCCOCCC. The summed E-state index contributed by atoms with van der Waals surface area (Å²) in [6, 6.07) is 0. The molecule has 0 aliphatic carbocycles. The van der Waals surface area contributed by atoms with Crippen molar-refractivity contribution in [3.63, 3.8) is 0 Å². The van der Waals surface area contributed by atoms with Gasteiger partial charge in [0.15, 0.2) is 0 Å². The van der Waals surface area contributed by atoms with Crippen LogP contribution in [0.3, 0.4) is 0 Å². The lowest BCUT2D eigenvalue weighted by molar-refractivity contribution is 0.130. The van der Waals surface area contributed by atoms with Crippen LogP contribution in [0.15, 0.2) is 0 Å². The molecule has 0 aliphatic rings. The van der Waals surface area contributed by atoms with Gasteiger partial charge in [-0.2, -0.15) is 0 Å². The maximum absolute atomic E-state index is 5.33. The third-order valence-electron chi connectivity index (χ3n) is 2.84. The molecule has 0 N–H and O–H groups in total. The van der Waals surface area contributed by atoms with Crippen molar-refractivity contribution in [2.24, 2.45) is 0 Å². The summed E-state index contributed by atoms with van der Waals surface area (Å²) in [5.74, 6) is 0. The molecule has 0 amide bonds. The molecule has 0 bridgehead atoms. The highest BCUT2D eigenvalue weighted by Gasteiger charge is 1.87. The molecule has 0 fully saturated rings. The van der Waals surface area contributed by atoms with Crippen LogP contribution in [0.4, 0.5) is 0 Å². The minimum Gasteiger partial charge on any atom is -0.382 e. The summed E-state index contributed by atoms with van der Waals surface area (Å²) in [6.45, 7) is 12.4. The van der Waals surface area contributed by atoms with Gasteiger partial charge in [0, 0.05) is 26.4 Å². The highest BCUT2D eigenvalue weighted by Crippen LogP contribution is 1.99. The van der Waals surface area contributed by atoms with Crippen molar-refractivity contribution in [3.05, 3.63) is 0 Å². The number of hydrogen-bond acceptors (Lipinski definition) is 2. The van der Waals surface area contributed by atoms with E-state index in [1.54, 1.807) is 0 Å². The first kappa shape index (κ1) is 21.2. The summed E-state index contributed by atoms with van der Waals surface area (Å²) in [4.78, 5) is 0. The molecule has 0 heterocycles. The summed E-state index contributed by atoms with van der Waals surface area (Å²) in [5.41, 5.74) is 0. The number of ether oxygens (including phenoxy) is 2. The van der Waals surface area contributed by atoms with E-state index in [0.717, 1.165) is 32.8 Å². The second kappa shape index (κ2) is 23.0. The van der Waals surface area contributed by atoms with Gasteiger partial charge < -0.3 is 9.47 Å². The molecule has 0 aliphatic heterocycles. The maximum Gasteiger partial charge on any atom is 0.0466 e. The summed E-state index contributed by atoms with van der Waals surface area (Å²) >= 11 is 0. The maximum atomic E-state index is 5.33. The average Bonchev–Trinajstić information content (AvgIpc) is 2.43. The van der Waals surface area contributed by atoms with Crippen molar-refractivity contribution in [1.82, 2.24) is 0 Å². The quantitative estimate of drug-likeness (QED) is 0.407. The molecule has 0 spiro atoms. The molecule has 0 aromatic carbocycles. The van der Waals surface area contributed by atoms with E-state index in [4.69, 9.17) is 9.47 Å². The third kappa shape index (κ3) is 27.2. The molecule has 0 rings (SSSR count). The van der Waals surface area contributed by atoms with E-state index in [1.807, 2.05) is 6.92 Å². The van der Waals surface area contributed by atoms with Crippen LogP contribution in [-0.2, 0) is 9.47 Å². The number of hydrogen-bond donors (Lipinski definition) is 0. The minimum absolute atomic E-state index is 0.867. The molecule has 118 valence electrons. The summed E-state index contributed by atoms with van der Waals surface area (Å²) in [6.07, 6.45) is 11.6. The topological polar surface area (TPSA) is 18.5 Å². The van der Waals surface area contributed by atoms with Gasteiger partial charge in [-0.05, 0) is 26.2 Å². The van der Waals surface area contributed by atoms with E-state index in [2.05, 4.69) is 20.8 Å². The zero-order valence-electron chi connectivity index (χ0n) is 14.0. The Labute approximate surface area is 122 Å². The molecule has 0 saturated heterocycles. The summed E-state index contributed by atoms with van der Waals surface area (Å²) in [5, 5.41) is 0. The van der Waals surface area contributed by atoms with E-state index in [-0.39, 0.29) is 0 Å². The van der Waals surface area contributed by atoms with E-state index >= 15 is 0 Å². The van der Waals surface area contributed by atoms with Crippen molar-refractivity contribution in [2.75, 3.05) is 26.4 Å². The van der Waals surface area contributed by atoms with Gasteiger partial charge in [-0.1, -0.05) is 59.3 Å². The average molecular weight is 274 g/mol. The second-order valence-corrected chi connectivity index (χ2v) is 4.93. The first-order valence-corrected chi connectivity index (χ1v) is 8.48. The lowest BCUT2D eigenvalue weighted by atomic mass is 10.2. The monoisotopic (exact) mass is 274 g/mol. The van der Waals surface area contributed by atoms with Gasteiger partial charge in [-0.3, -0.25) is 0 Å². The smallest absolute Gasteiger partial charge is 0.0466 e. The fourth-order valence-corrected chi connectivity index (χ4v) is 1.65. The third-order valence-corrected chi connectivity index (χ3v) is 2.84. The van der Waals surface area contributed by atoms with E-state index < -0.39 is 0 Å². The van der Waals surface area contributed by atoms with Crippen LogP contribution in [0.5, 0.6) is 0 Å². The molecule has 0 unspecified atom stereocenters. The largest absolute Gasteiger partial charge is 0.382 e. The zero-order chi connectivity index (χ0) is 14.6. The van der Waals surface area contributed by atoms with Crippen LogP contribution < -0.4 is 0 Å². The molecule has 2 heteroatoms. The predicted octanol–water partition coefficient (Wildman–Crippen LogP) is 5.60. The Morgan fingerprint density at radius 3 is 1.42 bits per heavy atom. The van der Waals surface area contributed by atoms with Crippen LogP contribution in [0.25, 0.3) is 0 Å². The van der Waals surface area contributed by atoms with Crippen LogP contribution in [-0.4, -0.2) is 26.4 Å². The van der Waals surface area contributed by atoms with Gasteiger partial charge in [0.05, 0.1) is 0 Å².